The van der Waals surface area contributed by atoms with Crippen molar-refractivity contribution in [3.63, 3.8) is 0 Å². The highest BCUT2D eigenvalue weighted by Crippen LogP contribution is 2.22. The summed E-state index contributed by atoms with van der Waals surface area (Å²) in [6, 6.07) is 17.7. The first-order chi connectivity index (χ1) is 11.2. The zero-order valence-corrected chi connectivity index (χ0v) is 13.9. The summed E-state index contributed by atoms with van der Waals surface area (Å²) in [7, 11) is 1.98. The highest BCUT2D eigenvalue weighted by molar-refractivity contribution is 7.18. The van der Waals surface area contributed by atoms with Crippen LogP contribution >= 0.6 is 11.3 Å². The number of aromatic nitrogens is 1. The highest BCUT2D eigenvalue weighted by atomic mass is 32.1. The number of hydrogen-bond donors (Lipinski definition) is 1. The molecule has 0 saturated carbocycles. The molecule has 0 unspecified atom stereocenters. The van der Waals surface area contributed by atoms with Gasteiger partial charge in [-0.25, -0.2) is 4.98 Å². The number of fused-ring (bicyclic) bond motifs is 1. The van der Waals surface area contributed by atoms with Crippen molar-refractivity contribution in [3.05, 3.63) is 59.6 Å². The van der Waals surface area contributed by atoms with Gasteiger partial charge in [-0.05, 0) is 31.3 Å². The van der Waals surface area contributed by atoms with E-state index in [0.717, 1.165) is 22.8 Å². The maximum Gasteiger partial charge on any atom is 0.119 e. The fourth-order valence-electron chi connectivity index (χ4n) is 2.40. The maximum atomic E-state index is 10.1. The van der Waals surface area contributed by atoms with Crippen LogP contribution in [0.4, 0.5) is 0 Å². The molecule has 1 heterocycles. The molecule has 0 aliphatic carbocycles. The Morgan fingerprint density at radius 1 is 1.13 bits per heavy atom. The van der Waals surface area contributed by atoms with Gasteiger partial charge in [0.05, 0.1) is 16.8 Å². The molecule has 0 saturated heterocycles. The Hall–Kier alpha value is -1.95. The minimum Gasteiger partial charge on any atom is -0.491 e. The van der Waals surface area contributed by atoms with E-state index in [1.165, 1.54) is 4.70 Å². The number of nitrogens with zero attached hydrogens (tertiary/aromatic N) is 2. The normalized spacial score (nSPS) is 12.7. The van der Waals surface area contributed by atoms with Crippen LogP contribution in [0.3, 0.4) is 0 Å². The number of hydrogen-bond acceptors (Lipinski definition) is 5. The van der Waals surface area contributed by atoms with E-state index in [9.17, 15) is 5.11 Å². The Morgan fingerprint density at radius 3 is 2.65 bits per heavy atom. The van der Waals surface area contributed by atoms with Gasteiger partial charge in [0.2, 0.25) is 0 Å². The van der Waals surface area contributed by atoms with Crippen molar-refractivity contribution in [1.29, 1.82) is 0 Å². The van der Waals surface area contributed by atoms with E-state index < -0.39 is 6.10 Å². The van der Waals surface area contributed by atoms with E-state index in [1.807, 2.05) is 55.6 Å². The summed E-state index contributed by atoms with van der Waals surface area (Å²) in [5, 5.41) is 11.2. The van der Waals surface area contributed by atoms with E-state index in [4.69, 9.17) is 4.74 Å². The van der Waals surface area contributed by atoms with Gasteiger partial charge in [0, 0.05) is 6.54 Å². The molecule has 120 valence electrons. The summed E-state index contributed by atoms with van der Waals surface area (Å²) < 4.78 is 6.78. The molecule has 0 aliphatic heterocycles. The van der Waals surface area contributed by atoms with E-state index in [-0.39, 0.29) is 6.61 Å². The van der Waals surface area contributed by atoms with Gasteiger partial charge in [0.25, 0.3) is 0 Å². The topological polar surface area (TPSA) is 45.6 Å². The molecule has 3 aromatic rings. The van der Waals surface area contributed by atoms with Gasteiger partial charge in [0.15, 0.2) is 0 Å². The van der Waals surface area contributed by atoms with Crippen molar-refractivity contribution in [3.8, 4) is 5.75 Å². The third kappa shape index (κ3) is 4.51. The van der Waals surface area contributed by atoms with E-state index >= 15 is 0 Å². The molecule has 0 aliphatic rings. The molecule has 0 amide bonds. The van der Waals surface area contributed by atoms with E-state index in [1.54, 1.807) is 11.3 Å². The van der Waals surface area contributed by atoms with Gasteiger partial charge < -0.3 is 9.84 Å². The van der Waals surface area contributed by atoms with Crippen molar-refractivity contribution in [2.24, 2.45) is 0 Å². The lowest BCUT2D eigenvalue weighted by atomic mass is 10.3. The van der Waals surface area contributed by atoms with E-state index in [2.05, 4.69) is 16.0 Å². The van der Waals surface area contributed by atoms with Crippen LogP contribution in [0.15, 0.2) is 54.6 Å². The fraction of sp³-hybridized carbons (Fsp3) is 0.278. The number of benzene rings is 2. The number of aliphatic hydroxyl groups excluding tert-OH is 1. The number of thiazole rings is 1. The third-order valence-electron chi connectivity index (χ3n) is 3.45. The lowest BCUT2D eigenvalue weighted by molar-refractivity contribution is 0.0744. The second-order valence-corrected chi connectivity index (χ2v) is 6.67. The van der Waals surface area contributed by atoms with Crippen molar-refractivity contribution < 1.29 is 9.84 Å². The number of aliphatic hydroxyl groups is 1. The summed E-state index contributed by atoms with van der Waals surface area (Å²) >= 11 is 1.70. The fourth-order valence-corrected chi connectivity index (χ4v) is 3.45. The second-order valence-electron chi connectivity index (χ2n) is 5.55. The maximum absolute atomic E-state index is 10.1. The summed E-state index contributed by atoms with van der Waals surface area (Å²) in [6.07, 6.45) is -0.533. The molecular formula is C18H20N2O2S. The second kappa shape index (κ2) is 7.55. The van der Waals surface area contributed by atoms with Crippen LogP contribution in [-0.2, 0) is 6.54 Å². The predicted octanol–water partition coefficient (Wildman–Crippen LogP) is 3.17. The Morgan fingerprint density at radius 2 is 1.87 bits per heavy atom. The van der Waals surface area contributed by atoms with Gasteiger partial charge in [-0.2, -0.15) is 0 Å². The van der Waals surface area contributed by atoms with Crippen LogP contribution in [0.2, 0.25) is 0 Å². The molecule has 1 atom stereocenters. The largest absolute Gasteiger partial charge is 0.491 e. The highest BCUT2D eigenvalue weighted by Gasteiger charge is 2.12. The first-order valence-corrected chi connectivity index (χ1v) is 8.41. The average Bonchev–Trinajstić information content (AvgIpc) is 2.96. The van der Waals surface area contributed by atoms with Gasteiger partial charge in [0.1, 0.15) is 23.5 Å². The summed E-state index contributed by atoms with van der Waals surface area (Å²) in [5.74, 6) is 0.778. The molecule has 1 N–H and O–H groups in total. The first kappa shape index (κ1) is 15.9. The van der Waals surface area contributed by atoms with Gasteiger partial charge >= 0.3 is 0 Å². The number of ether oxygens (including phenoxy) is 1. The van der Waals surface area contributed by atoms with Gasteiger partial charge in [-0.3, -0.25) is 4.90 Å². The van der Waals surface area contributed by atoms with Crippen LogP contribution in [-0.4, -0.2) is 41.3 Å². The SMILES string of the molecule is CN(Cc1nc2ccccc2s1)C[C@@H](O)COc1ccccc1. The van der Waals surface area contributed by atoms with Gasteiger partial charge in [-0.1, -0.05) is 30.3 Å². The third-order valence-corrected chi connectivity index (χ3v) is 4.47. The zero-order chi connectivity index (χ0) is 16.1. The van der Waals surface area contributed by atoms with Crippen LogP contribution in [0.1, 0.15) is 5.01 Å². The Balaban J connectivity index is 1.49. The number of likely N-dealkylation sites (N-methyl/N-ethyl adjacent to an activating group) is 1. The van der Waals surface area contributed by atoms with Crippen LogP contribution in [0.5, 0.6) is 5.75 Å². The molecule has 0 bridgehead atoms. The molecule has 0 fully saturated rings. The lowest BCUT2D eigenvalue weighted by Gasteiger charge is -2.19. The minimum absolute atomic E-state index is 0.286. The summed E-state index contributed by atoms with van der Waals surface area (Å²) in [6.45, 7) is 1.55. The molecule has 1 aromatic heterocycles. The number of para-hydroxylation sites is 2. The smallest absolute Gasteiger partial charge is 0.119 e. The first-order valence-electron chi connectivity index (χ1n) is 7.59. The summed E-state index contributed by atoms with van der Waals surface area (Å²) in [5.41, 5.74) is 1.04. The van der Waals surface area contributed by atoms with Crippen LogP contribution < -0.4 is 4.74 Å². The molecule has 4 nitrogen and oxygen atoms in total. The lowest BCUT2D eigenvalue weighted by Crippen LogP contribution is -2.32. The Labute approximate surface area is 140 Å². The summed E-state index contributed by atoms with van der Waals surface area (Å²) in [4.78, 5) is 6.68. The zero-order valence-electron chi connectivity index (χ0n) is 13.1. The van der Waals surface area contributed by atoms with Crippen LogP contribution in [0.25, 0.3) is 10.2 Å². The average molecular weight is 328 g/mol. The van der Waals surface area contributed by atoms with Crippen molar-refractivity contribution in [2.45, 2.75) is 12.6 Å². The van der Waals surface area contributed by atoms with Crippen molar-refractivity contribution >= 4 is 21.6 Å². The van der Waals surface area contributed by atoms with Crippen molar-refractivity contribution in [2.75, 3.05) is 20.2 Å². The molecule has 3 rings (SSSR count). The van der Waals surface area contributed by atoms with Crippen molar-refractivity contribution in [1.82, 2.24) is 9.88 Å². The minimum atomic E-state index is -0.533. The molecule has 5 heteroatoms. The molecule has 23 heavy (non-hydrogen) atoms. The van der Waals surface area contributed by atoms with Gasteiger partial charge in [-0.15, -0.1) is 11.3 Å². The Bertz CT molecular complexity index is 712. The molecule has 0 spiro atoms. The standard InChI is InChI=1S/C18H20N2O2S/c1-20(11-14(21)13-22-15-7-3-2-4-8-15)12-18-19-16-9-5-6-10-17(16)23-18/h2-10,14,21H,11-13H2,1H3/t14-/m1/s1. The predicted molar refractivity (Wildman–Crippen MR) is 93.9 cm³/mol. The van der Waals surface area contributed by atoms with E-state index in [0.29, 0.717) is 6.54 Å². The molecular weight excluding hydrogens is 308 g/mol. The Kier molecular flexibility index (Phi) is 5.23. The monoisotopic (exact) mass is 328 g/mol. The molecule has 0 radical (unpaired) electrons. The van der Waals surface area contributed by atoms with Crippen LogP contribution in [0, 0.1) is 0 Å². The number of rotatable bonds is 7. The molecule has 2 aromatic carbocycles. The quantitative estimate of drug-likeness (QED) is 0.723.